The van der Waals surface area contributed by atoms with Crippen molar-refractivity contribution in [2.45, 2.75) is 19.8 Å². The average Bonchev–Trinajstić information content (AvgIpc) is 2.83. The van der Waals surface area contributed by atoms with Crippen molar-refractivity contribution in [3.05, 3.63) is 144 Å². The summed E-state index contributed by atoms with van der Waals surface area (Å²) >= 11 is 0. The third-order valence-corrected chi connectivity index (χ3v) is 5.78. The lowest BCUT2D eigenvalue weighted by atomic mass is 9.79. The Morgan fingerprint density at radius 1 is 0.581 bits per heavy atom. The lowest BCUT2D eigenvalue weighted by Gasteiger charge is -2.24. The van der Waals surface area contributed by atoms with E-state index in [0.717, 1.165) is 27.8 Å². The Kier molecular flexibility index (Phi) is 6.00. The van der Waals surface area contributed by atoms with E-state index in [-0.39, 0.29) is 0 Å². The molecule has 0 aliphatic rings. The molecular formula is C31H28. The zero-order valence-corrected chi connectivity index (χ0v) is 18.3. The Morgan fingerprint density at radius 2 is 1.06 bits per heavy atom. The maximum absolute atomic E-state index is 4.57. The average molecular weight is 401 g/mol. The van der Waals surface area contributed by atoms with E-state index in [1.54, 1.807) is 0 Å². The van der Waals surface area contributed by atoms with Crippen molar-refractivity contribution < 1.29 is 0 Å². The van der Waals surface area contributed by atoms with E-state index in [0.29, 0.717) is 5.92 Å². The minimum atomic E-state index is 0.328. The minimum Gasteiger partial charge on any atom is -0.0905 e. The highest BCUT2D eigenvalue weighted by Gasteiger charge is 2.21. The van der Waals surface area contributed by atoms with Gasteiger partial charge in [0.05, 0.1) is 0 Å². The lowest BCUT2D eigenvalue weighted by Crippen LogP contribution is -2.05. The van der Waals surface area contributed by atoms with Crippen molar-refractivity contribution >= 4 is 11.1 Å². The van der Waals surface area contributed by atoms with Crippen LogP contribution in [0.15, 0.2) is 116 Å². The monoisotopic (exact) mass is 400 g/mol. The molecular weight excluding hydrogens is 372 g/mol. The van der Waals surface area contributed by atoms with E-state index >= 15 is 0 Å². The van der Waals surface area contributed by atoms with Gasteiger partial charge in [0.15, 0.2) is 0 Å². The van der Waals surface area contributed by atoms with Gasteiger partial charge in [-0.2, -0.15) is 0 Å². The van der Waals surface area contributed by atoms with Crippen LogP contribution in [-0.2, 0) is 0 Å². The Morgan fingerprint density at radius 3 is 1.58 bits per heavy atom. The molecule has 4 aromatic rings. The quantitative estimate of drug-likeness (QED) is 0.304. The predicted octanol–water partition coefficient (Wildman–Crippen LogP) is 8.60. The zero-order chi connectivity index (χ0) is 21.8. The number of hydrogen-bond donors (Lipinski definition) is 0. The number of hydrogen-bond acceptors (Lipinski definition) is 0. The smallest absolute Gasteiger partial charge is 0.00644 e. The SMILES string of the molecule is C=C(c1ccccc1)c1ccc(-c2ccccc2)c(C(C)C)c1C(=C)c1ccccc1. The van der Waals surface area contributed by atoms with E-state index in [4.69, 9.17) is 0 Å². The third kappa shape index (κ3) is 4.15. The summed E-state index contributed by atoms with van der Waals surface area (Å²) in [6.07, 6.45) is 0. The normalized spacial score (nSPS) is 10.8. The molecule has 0 saturated heterocycles. The lowest BCUT2D eigenvalue weighted by molar-refractivity contribution is 0.864. The zero-order valence-electron chi connectivity index (χ0n) is 18.3. The van der Waals surface area contributed by atoms with Crippen molar-refractivity contribution in [2.24, 2.45) is 0 Å². The maximum Gasteiger partial charge on any atom is -0.00644 e. The summed E-state index contributed by atoms with van der Waals surface area (Å²) in [7, 11) is 0. The Balaban J connectivity index is 2.01. The second-order valence-electron chi connectivity index (χ2n) is 8.16. The van der Waals surface area contributed by atoms with Crippen LogP contribution < -0.4 is 0 Å². The highest BCUT2D eigenvalue weighted by Crippen LogP contribution is 2.41. The summed E-state index contributed by atoms with van der Waals surface area (Å²) in [5, 5.41) is 0. The molecule has 0 heterocycles. The van der Waals surface area contributed by atoms with Crippen LogP contribution in [0.4, 0.5) is 0 Å². The molecule has 0 atom stereocenters. The fourth-order valence-corrected chi connectivity index (χ4v) is 4.24. The third-order valence-electron chi connectivity index (χ3n) is 5.78. The molecule has 0 saturated carbocycles. The van der Waals surface area contributed by atoms with Crippen LogP contribution in [0.25, 0.3) is 22.3 Å². The first-order valence-corrected chi connectivity index (χ1v) is 10.8. The number of rotatable bonds is 6. The van der Waals surface area contributed by atoms with Crippen LogP contribution in [0.1, 0.15) is 47.6 Å². The minimum absolute atomic E-state index is 0.328. The molecule has 4 rings (SSSR count). The summed E-state index contributed by atoms with van der Waals surface area (Å²) < 4.78 is 0. The van der Waals surface area contributed by atoms with Crippen molar-refractivity contribution in [1.29, 1.82) is 0 Å². The summed E-state index contributed by atoms with van der Waals surface area (Å²) in [5.74, 6) is 0.328. The molecule has 4 aromatic carbocycles. The van der Waals surface area contributed by atoms with Gasteiger partial charge in [-0.05, 0) is 56.0 Å². The van der Waals surface area contributed by atoms with Crippen LogP contribution in [0.3, 0.4) is 0 Å². The van der Waals surface area contributed by atoms with Gasteiger partial charge in [-0.25, -0.2) is 0 Å². The maximum atomic E-state index is 4.57. The predicted molar refractivity (Wildman–Crippen MR) is 135 cm³/mol. The topological polar surface area (TPSA) is 0 Å². The van der Waals surface area contributed by atoms with Gasteiger partial charge >= 0.3 is 0 Å². The van der Waals surface area contributed by atoms with Gasteiger partial charge in [-0.15, -0.1) is 0 Å². The van der Waals surface area contributed by atoms with Crippen molar-refractivity contribution in [3.63, 3.8) is 0 Å². The molecule has 0 nitrogen and oxygen atoms in total. The van der Waals surface area contributed by atoms with E-state index in [1.165, 1.54) is 22.3 Å². The Bertz CT molecular complexity index is 1200. The first-order valence-electron chi connectivity index (χ1n) is 10.8. The van der Waals surface area contributed by atoms with Crippen LogP contribution in [0.5, 0.6) is 0 Å². The van der Waals surface area contributed by atoms with Crippen LogP contribution in [0.2, 0.25) is 0 Å². The van der Waals surface area contributed by atoms with Gasteiger partial charge < -0.3 is 0 Å². The fourth-order valence-electron chi connectivity index (χ4n) is 4.24. The Labute approximate surface area is 186 Å². The molecule has 0 fully saturated rings. The van der Waals surface area contributed by atoms with Crippen LogP contribution in [-0.4, -0.2) is 0 Å². The highest BCUT2D eigenvalue weighted by atomic mass is 14.2. The highest BCUT2D eigenvalue weighted by molar-refractivity contribution is 5.94. The molecule has 0 radical (unpaired) electrons. The molecule has 0 aliphatic carbocycles. The van der Waals surface area contributed by atoms with Gasteiger partial charge in [0, 0.05) is 0 Å². The largest absolute Gasteiger partial charge is 0.0905 e. The van der Waals surface area contributed by atoms with Crippen molar-refractivity contribution in [2.75, 3.05) is 0 Å². The molecule has 31 heavy (non-hydrogen) atoms. The van der Waals surface area contributed by atoms with Gasteiger partial charge in [0.2, 0.25) is 0 Å². The first-order chi connectivity index (χ1) is 15.1. The fraction of sp³-hybridized carbons (Fsp3) is 0.0968. The summed E-state index contributed by atoms with van der Waals surface area (Å²) in [6.45, 7) is 13.6. The first kappa shape index (κ1) is 20.6. The standard InChI is InChI=1S/C31H28/c1-22(2)30-29(27-18-12-7-13-19-27)21-20-28(23(3)25-14-8-5-9-15-25)31(30)24(4)26-16-10-6-11-17-26/h5-22H,3-4H2,1-2H3. The molecule has 0 spiro atoms. The summed E-state index contributed by atoms with van der Waals surface area (Å²) in [4.78, 5) is 0. The second kappa shape index (κ2) is 9.02. The molecule has 0 heteroatoms. The molecule has 0 amide bonds. The molecule has 152 valence electrons. The molecule has 0 unspecified atom stereocenters. The van der Waals surface area contributed by atoms with E-state index < -0.39 is 0 Å². The van der Waals surface area contributed by atoms with E-state index in [9.17, 15) is 0 Å². The molecule has 0 N–H and O–H groups in total. The molecule has 0 aliphatic heterocycles. The summed E-state index contributed by atoms with van der Waals surface area (Å²) in [5.41, 5.74) is 10.5. The van der Waals surface area contributed by atoms with Crippen LogP contribution >= 0.6 is 0 Å². The molecule has 0 aromatic heterocycles. The van der Waals surface area contributed by atoms with Crippen molar-refractivity contribution in [3.8, 4) is 11.1 Å². The summed E-state index contributed by atoms with van der Waals surface area (Å²) in [6, 6.07) is 36.0. The van der Waals surface area contributed by atoms with Gasteiger partial charge in [0.1, 0.15) is 0 Å². The van der Waals surface area contributed by atoms with Gasteiger partial charge in [0.25, 0.3) is 0 Å². The second-order valence-corrected chi connectivity index (χ2v) is 8.16. The number of benzene rings is 4. The van der Waals surface area contributed by atoms with Gasteiger partial charge in [-0.3, -0.25) is 0 Å². The Hall–Kier alpha value is -3.64. The van der Waals surface area contributed by atoms with Crippen molar-refractivity contribution in [1.82, 2.24) is 0 Å². The van der Waals surface area contributed by atoms with E-state index in [1.807, 2.05) is 12.1 Å². The molecule has 0 bridgehead atoms. The van der Waals surface area contributed by atoms with Gasteiger partial charge in [-0.1, -0.05) is 130 Å². The van der Waals surface area contributed by atoms with E-state index in [2.05, 4.69) is 118 Å². The van der Waals surface area contributed by atoms with Crippen LogP contribution in [0, 0.1) is 0 Å².